The molecule has 25 heavy (non-hydrogen) atoms. The van der Waals surface area contributed by atoms with E-state index in [1.54, 1.807) is 25.5 Å². The van der Waals surface area contributed by atoms with Gasteiger partial charge in [0.15, 0.2) is 5.96 Å². The Morgan fingerprint density at radius 3 is 2.60 bits per heavy atom. The van der Waals surface area contributed by atoms with Gasteiger partial charge in [0.1, 0.15) is 5.75 Å². The maximum absolute atomic E-state index is 5.44. The summed E-state index contributed by atoms with van der Waals surface area (Å²) in [6.07, 6.45) is 0. The minimum absolute atomic E-state index is 0. The summed E-state index contributed by atoms with van der Waals surface area (Å²) in [5, 5.41) is 9.88. The van der Waals surface area contributed by atoms with Crippen LogP contribution < -0.4 is 15.4 Å². The molecule has 1 heterocycles. The van der Waals surface area contributed by atoms with Gasteiger partial charge in [0, 0.05) is 30.5 Å². The van der Waals surface area contributed by atoms with Crippen LogP contribution in [-0.4, -0.2) is 25.1 Å². The van der Waals surface area contributed by atoms with E-state index in [4.69, 9.17) is 4.74 Å². The van der Waals surface area contributed by atoms with Crippen molar-refractivity contribution in [3.05, 3.63) is 45.4 Å². The number of thiazole rings is 1. The summed E-state index contributed by atoms with van der Waals surface area (Å²) in [5.41, 5.74) is 3.32. The summed E-state index contributed by atoms with van der Waals surface area (Å²) in [5.74, 6) is 2.10. The van der Waals surface area contributed by atoms with E-state index in [1.807, 2.05) is 6.07 Å². The van der Waals surface area contributed by atoms with Crippen molar-refractivity contribution in [1.82, 2.24) is 15.6 Å². The van der Waals surface area contributed by atoms with Crippen LogP contribution in [0.3, 0.4) is 0 Å². The molecule has 0 aliphatic rings. The van der Waals surface area contributed by atoms with Crippen LogP contribution >= 0.6 is 35.3 Å². The molecule has 2 rings (SSSR count). The van der Waals surface area contributed by atoms with Crippen molar-refractivity contribution in [3.63, 3.8) is 0 Å². The lowest BCUT2D eigenvalue weighted by atomic mass is 10.1. The van der Waals surface area contributed by atoms with Crippen LogP contribution in [0.2, 0.25) is 0 Å². The lowest BCUT2D eigenvalue weighted by Gasteiger charge is -2.13. The lowest BCUT2D eigenvalue weighted by Crippen LogP contribution is -2.36. The van der Waals surface area contributed by atoms with E-state index >= 15 is 0 Å². The molecule has 2 N–H and O–H groups in total. The summed E-state index contributed by atoms with van der Waals surface area (Å²) in [7, 11) is 3.46. The van der Waals surface area contributed by atoms with Crippen LogP contribution in [0.15, 0.2) is 28.6 Å². The molecule has 1 aromatic heterocycles. The molecule has 0 aliphatic heterocycles. The van der Waals surface area contributed by atoms with E-state index < -0.39 is 0 Å². The highest BCUT2D eigenvalue weighted by Crippen LogP contribution is 2.20. The third kappa shape index (κ3) is 6.47. The first kappa shape index (κ1) is 21.7. The highest BCUT2D eigenvalue weighted by molar-refractivity contribution is 14.0. The van der Waals surface area contributed by atoms with E-state index in [2.05, 4.69) is 58.9 Å². The third-order valence-corrected chi connectivity index (χ3v) is 4.81. The fraction of sp³-hybridized carbons (Fsp3) is 0.444. The van der Waals surface area contributed by atoms with Crippen LogP contribution in [-0.2, 0) is 13.1 Å². The molecule has 0 amide bonds. The Kier molecular flexibility index (Phi) is 9.20. The molecule has 0 bridgehead atoms. The number of hydrogen-bond donors (Lipinski definition) is 2. The number of halogens is 1. The Morgan fingerprint density at radius 2 is 2.00 bits per heavy atom. The molecule has 0 saturated carbocycles. The molecule has 7 heteroatoms. The molecular formula is C18H27IN4OS. The maximum atomic E-state index is 5.44. The van der Waals surface area contributed by atoms with Gasteiger partial charge in [-0.25, -0.2) is 4.98 Å². The average Bonchev–Trinajstić information content (AvgIpc) is 3.05. The zero-order valence-corrected chi connectivity index (χ0v) is 18.6. The van der Waals surface area contributed by atoms with E-state index in [1.165, 1.54) is 10.6 Å². The van der Waals surface area contributed by atoms with E-state index in [0.717, 1.165) is 23.0 Å². The van der Waals surface area contributed by atoms with Gasteiger partial charge in [-0.15, -0.1) is 35.3 Å². The number of guanidine groups is 1. The summed E-state index contributed by atoms with van der Waals surface area (Å²) >= 11 is 1.71. The number of methoxy groups -OCH3 is 1. The second kappa shape index (κ2) is 10.6. The van der Waals surface area contributed by atoms with E-state index in [-0.39, 0.29) is 24.0 Å². The molecule has 0 atom stereocenters. The van der Waals surface area contributed by atoms with Crippen LogP contribution in [0.4, 0.5) is 0 Å². The van der Waals surface area contributed by atoms with Gasteiger partial charge in [-0.2, -0.15) is 0 Å². The first-order valence-electron chi connectivity index (χ1n) is 8.05. The Bertz CT molecular complexity index is 700. The van der Waals surface area contributed by atoms with Crippen LogP contribution in [0.1, 0.15) is 41.6 Å². The number of hydrogen-bond acceptors (Lipinski definition) is 4. The van der Waals surface area contributed by atoms with Crippen LogP contribution in [0, 0.1) is 6.92 Å². The molecule has 0 fully saturated rings. The second-order valence-electron chi connectivity index (χ2n) is 5.93. The minimum Gasteiger partial charge on any atom is -0.496 e. The third-order valence-electron chi connectivity index (χ3n) is 3.61. The van der Waals surface area contributed by atoms with Gasteiger partial charge >= 0.3 is 0 Å². The highest BCUT2D eigenvalue weighted by Gasteiger charge is 2.07. The number of aryl methyl sites for hydroxylation is 1. The van der Waals surface area contributed by atoms with Crippen LogP contribution in [0.5, 0.6) is 5.75 Å². The van der Waals surface area contributed by atoms with Gasteiger partial charge in [0.25, 0.3) is 0 Å². The lowest BCUT2D eigenvalue weighted by molar-refractivity contribution is 0.408. The first-order valence-corrected chi connectivity index (χ1v) is 8.93. The molecular weight excluding hydrogens is 447 g/mol. The van der Waals surface area contributed by atoms with Crippen molar-refractivity contribution in [2.45, 2.75) is 39.8 Å². The van der Waals surface area contributed by atoms with Gasteiger partial charge < -0.3 is 15.4 Å². The number of ether oxygens (including phenoxy) is 1. The molecule has 2 aromatic rings. The van der Waals surface area contributed by atoms with Crippen molar-refractivity contribution < 1.29 is 4.74 Å². The molecule has 0 unspecified atom stereocenters. The van der Waals surface area contributed by atoms with Gasteiger partial charge in [0.2, 0.25) is 0 Å². The van der Waals surface area contributed by atoms with Gasteiger partial charge in [-0.1, -0.05) is 26.0 Å². The van der Waals surface area contributed by atoms with Crippen molar-refractivity contribution in [2.75, 3.05) is 14.2 Å². The normalized spacial score (nSPS) is 11.2. The Labute approximate surface area is 171 Å². The summed E-state index contributed by atoms with van der Waals surface area (Å²) in [6.45, 7) is 7.68. The zero-order chi connectivity index (χ0) is 17.5. The molecule has 0 spiro atoms. The highest BCUT2D eigenvalue weighted by atomic mass is 127. The van der Waals surface area contributed by atoms with Crippen molar-refractivity contribution >= 4 is 41.3 Å². The van der Waals surface area contributed by atoms with Crippen molar-refractivity contribution in [2.24, 2.45) is 4.99 Å². The molecule has 1 aromatic carbocycles. The predicted octanol–water partition coefficient (Wildman–Crippen LogP) is 4.07. The van der Waals surface area contributed by atoms with Crippen LogP contribution in [0.25, 0.3) is 0 Å². The number of rotatable bonds is 6. The largest absolute Gasteiger partial charge is 0.496 e. The summed E-state index contributed by atoms with van der Waals surface area (Å²) < 4.78 is 5.44. The smallest absolute Gasteiger partial charge is 0.191 e. The fourth-order valence-corrected chi connectivity index (χ4v) is 3.08. The Balaban J connectivity index is 0.00000312. The van der Waals surface area contributed by atoms with Gasteiger partial charge in [0.05, 0.1) is 24.4 Å². The predicted molar refractivity (Wildman–Crippen MR) is 116 cm³/mol. The monoisotopic (exact) mass is 474 g/mol. The van der Waals surface area contributed by atoms with Gasteiger partial charge in [-0.3, -0.25) is 4.99 Å². The number of aromatic nitrogens is 1. The molecule has 0 saturated heterocycles. The second-order valence-corrected chi connectivity index (χ2v) is 6.82. The van der Waals surface area contributed by atoms with Crippen molar-refractivity contribution in [3.8, 4) is 5.75 Å². The van der Waals surface area contributed by atoms with E-state index in [0.29, 0.717) is 19.0 Å². The number of aliphatic imine (C=N–C) groups is 1. The van der Waals surface area contributed by atoms with E-state index in [9.17, 15) is 0 Å². The molecule has 0 radical (unpaired) electrons. The Morgan fingerprint density at radius 1 is 1.28 bits per heavy atom. The zero-order valence-electron chi connectivity index (χ0n) is 15.4. The SMILES string of the molecule is CN=C(NCc1csc(C(C)C)n1)NCc1ccc(C)cc1OC.I. The maximum Gasteiger partial charge on any atom is 0.191 e. The quantitative estimate of drug-likeness (QED) is 0.377. The molecule has 5 nitrogen and oxygen atoms in total. The fourth-order valence-electron chi connectivity index (χ4n) is 2.24. The number of nitrogens with zero attached hydrogens (tertiary/aromatic N) is 2. The first-order chi connectivity index (χ1) is 11.5. The summed E-state index contributed by atoms with van der Waals surface area (Å²) in [6, 6.07) is 6.19. The molecule has 138 valence electrons. The minimum atomic E-state index is 0. The van der Waals surface area contributed by atoms with Gasteiger partial charge in [-0.05, 0) is 18.6 Å². The molecule has 0 aliphatic carbocycles. The standard InChI is InChI=1S/C18H26N4OS.HI/c1-12(2)17-22-15(11-24-17)10-21-18(19-4)20-9-14-7-6-13(3)8-16(14)23-5;/h6-8,11-12H,9-10H2,1-5H3,(H2,19,20,21);1H. The number of benzene rings is 1. The topological polar surface area (TPSA) is 58.5 Å². The summed E-state index contributed by atoms with van der Waals surface area (Å²) in [4.78, 5) is 8.89. The average molecular weight is 474 g/mol. The van der Waals surface area contributed by atoms with Crippen molar-refractivity contribution in [1.29, 1.82) is 0 Å². The number of nitrogens with one attached hydrogen (secondary N) is 2. The Hall–Kier alpha value is -1.35.